The molecule has 3 rings (SSSR count). The molecule has 0 atom stereocenters. The number of furan rings is 1. The molecule has 0 saturated carbocycles. The van der Waals surface area contributed by atoms with Gasteiger partial charge >= 0.3 is 6.03 Å². The monoisotopic (exact) mass is 277 g/mol. The Hall–Kier alpha value is -3.01. The van der Waals surface area contributed by atoms with Crippen molar-refractivity contribution in [1.82, 2.24) is 5.73 Å². The minimum atomic E-state index is -0.902. The van der Waals surface area contributed by atoms with Gasteiger partial charge in [0.25, 0.3) is 0 Å². The molecule has 2 aromatic carbocycles. The molecule has 0 aliphatic heterocycles. The van der Waals surface area contributed by atoms with Crippen LogP contribution < -0.4 is 11.1 Å². The maximum absolute atomic E-state index is 11.0. The van der Waals surface area contributed by atoms with E-state index in [0.29, 0.717) is 5.88 Å². The van der Waals surface area contributed by atoms with E-state index in [2.05, 4.69) is 5.32 Å². The van der Waals surface area contributed by atoms with Gasteiger partial charge in [0.05, 0.1) is 5.56 Å². The Labute approximate surface area is 122 Å². The fourth-order valence-electron chi connectivity index (χ4n) is 2.27. The molecule has 0 aliphatic carbocycles. The number of hydrogen-bond donors (Lipinski definition) is 1. The summed E-state index contributed by atoms with van der Waals surface area (Å²) >= 11 is 0. The average Bonchev–Trinajstić information content (AvgIpc) is 2.92. The van der Waals surface area contributed by atoms with Crippen molar-refractivity contribution in [3.05, 3.63) is 66.9 Å². The van der Waals surface area contributed by atoms with Crippen LogP contribution in [-0.4, -0.2) is 6.03 Å². The van der Waals surface area contributed by atoms with Gasteiger partial charge in [0, 0.05) is 5.56 Å². The molecule has 2 amide bonds. The lowest BCUT2D eigenvalue weighted by atomic mass is 9.98. The Balaban J connectivity index is 2.18. The summed E-state index contributed by atoms with van der Waals surface area (Å²) in [5.74, 6) is 0.292. The van der Waals surface area contributed by atoms with Crippen LogP contribution in [0.2, 0.25) is 0 Å². The zero-order chi connectivity index (χ0) is 14.7. The molecule has 0 fully saturated rings. The van der Waals surface area contributed by atoms with Crippen molar-refractivity contribution < 1.29 is 9.21 Å². The fourth-order valence-corrected chi connectivity index (χ4v) is 2.27. The smallest absolute Gasteiger partial charge is 0.340 e. The number of rotatable bonds is 3. The summed E-state index contributed by atoms with van der Waals surface area (Å²) in [5, 5.41) is 2.42. The molecular weight excluding hydrogens is 264 g/mol. The second-order valence-corrected chi connectivity index (χ2v) is 4.54. The van der Waals surface area contributed by atoms with Crippen LogP contribution >= 0.6 is 0 Å². The third kappa shape index (κ3) is 2.65. The van der Waals surface area contributed by atoms with Crippen LogP contribution in [0.3, 0.4) is 0 Å². The Kier molecular flexibility index (Phi) is 3.43. The van der Waals surface area contributed by atoms with Gasteiger partial charge < -0.3 is 4.42 Å². The zero-order valence-corrected chi connectivity index (χ0v) is 11.2. The van der Waals surface area contributed by atoms with E-state index in [0.717, 1.165) is 22.3 Å². The van der Waals surface area contributed by atoms with E-state index in [1.807, 2.05) is 60.7 Å². The van der Waals surface area contributed by atoms with Crippen LogP contribution in [0.25, 0.3) is 22.3 Å². The molecule has 1 radical (unpaired) electrons. The summed E-state index contributed by atoms with van der Waals surface area (Å²) in [7, 11) is 0. The van der Waals surface area contributed by atoms with Crippen LogP contribution in [0, 0.1) is 0 Å². The molecule has 1 aromatic heterocycles. The van der Waals surface area contributed by atoms with E-state index in [9.17, 15) is 4.79 Å². The van der Waals surface area contributed by atoms with E-state index in [1.165, 1.54) is 0 Å². The van der Waals surface area contributed by atoms with Gasteiger partial charge in [-0.05, 0) is 11.1 Å². The molecule has 3 aromatic rings. The van der Waals surface area contributed by atoms with Crippen molar-refractivity contribution in [1.29, 1.82) is 0 Å². The Morgan fingerprint density at radius 1 is 0.905 bits per heavy atom. The van der Waals surface area contributed by atoms with Gasteiger partial charge in [0.1, 0.15) is 6.26 Å². The maximum atomic E-state index is 11.0. The largest absolute Gasteiger partial charge is 0.447 e. The van der Waals surface area contributed by atoms with E-state index >= 15 is 0 Å². The van der Waals surface area contributed by atoms with Gasteiger partial charge in [-0.15, -0.1) is 0 Å². The summed E-state index contributed by atoms with van der Waals surface area (Å²) < 4.78 is 5.46. The molecule has 0 aliphatic rings. The second-order valence-electron chi connectivity index (χ2n) is 4.54. The first kappa shape index (κ1) is 13.0. The molecular formula is C17H13N2O2. The van der Waals surface area contributed by atoms with Gasteiger partial charge in [0.2, 0.25) is 5.88 Å². The first-order chi connectivity index (χ1) is 10.3. The van der Waals surface area contributed by atoms with Crippen molar-refractivity contribution in [3.63, 3.8) is 0 Å². The van der Waals surface area contributed by atoms with Crippen molar-refractivity contribution in [3.8, 4) is 22.3 Å². The molecule has 0 unspecified atom stereocenters. The molecule has 0 bridgehead atoms. The van der Waals surface area contributed by atoms with Crippen molar-refractivity contribution in [2.24, 2.45) is 0 Å². The predicted molar refractivity (Wildman–Crippen MR) is 81.7 cm³/mol. The highest BCUT2D eigenvalue weighted by Gasteiger charge is 2.18. The third-order valence-electron chi connectivity index (χ3n) is 3.17. The van der Waals surface area contributed by atoms with Gasteiger partial charge in [-0.3, -0.25) is 5.32 Å². The number of anilines is 1. The fraction of sp³-hybridized carbons (Fsp3) is 0. The van der Waals surface area contributed by atoms with E-state index < -0.39 is 6.03 Å². The molecule has 21 heavy (non-hydrogen) atoms. The summed E-state index contributed by atoms with van der Waals surface area (Å²) in [6.07, 6.45) is 1.60. The number of amides is 2. The number of carbonyl (C=O) groups excluding carboxylic acids is 1. The number of hydrogen-bond acceptors (Lipinski definition) is 2. The topological polar surface area (TPSA) is 66.0 Å². The highest BCUT2D eigenvalue weighted by Crippen LogP contribution is 2.39. The molecule has 103 valence electrons. The van der Waals surface area contributed by atoms with Crippen LogP contribution in [0.1, 0.15) is 0 Å². The predicted octanol–water partition coefficient (Wildman–Crippen LogP) is 4.43. The molecule has 0 saturated heterocycles. The van der Waals surface area contributed by atoms with E-state index in [1.54, 1.807) is 6.26 Å². The SMILES string of the molecule is [NH]C(=O)Nc1occ(-c2ccccc2)c1-c1ccccc1. The molecule has 4 nitrogen and oxygen atoms in total. The minimum absolute atomic E-state index is 0.292. The second kappa shape index (κ2) is 5.54. The quantitative estimate of drug-likeness (QED) is 0.769. The minimum Gasteiger partial charge on any atom is -0.447 e. The van der Waals surface area contributed by atoms with E-state index in [4.69, 9.17) is 10.2 Å². The Morgan fingerprint density at radius 3 is 2.05 bits per heavy atom. The molecule has 1 heterocycles. The van der Waals surface area contributed by atoms with Crippen molar-refractivity contribution in [2.45, 2.75) is 0 Å². The van der Waals surface area contributed by atoms with Crippen LogP contribution in [-0.2, 0) is 0 Å². The Bertz CT molecular complexity index is 749. The number of carbonyl (C=O) groups is 1. The van der Waals surface area contributed by atoms with Crippen LogP contribution in [0.15, 0.2) is 71.3 Å². The number of benzene rings is 2. The number of nitrogens with one attached hydrogen (secondary N) is 2. The normalized spacial score (nSPS) is 10.3. The Morgan fingerprint density at radius 2 is 1.48 bits per heavy atom. The molecule has 2 N–H and O–H groups in total. The first-order valence-corrected chi connectivity index (χ1v) is 6.50. The van der Waals surface area contributed by atoms with Crippen LogP contribution in [0.5, 0.6) is 0 Å². The van der Waals surface area contributed by atoms with Crippen molar-refractivity contribution in [2.75, 3.05) is 5.32 Å². The lowest BCUT2D eigenvalue weighted by Crippen LogP contribution is -2.09. The summed E-state index contributed by atoms with van der Waals surface area (Å²) in [6.45, 7) is 0. The summed E-state index contributed by atoms with van der Waals surface area (Å²) in [4.78, 5) is 11.0. The highest BCUT2D eigenvalue weighted by molar-refractivity contribution is 5.96. The number of urea groups is 1. The van der Waals surface area contributed by atoms with Gasteiger partial charge in [-0.1, -0.05) is 60.7 Å². The van der Waals surface area contributed by atoms with Gasteiger partial charge in [0.15, 0.2) is 0 Å². The average molecular weight is 277 g/mol. The zero-order valence-electron chi connectivity index (χ0n) is 11.2. The van der Waals surface area contributed by atoms with Gasteiger partial charge in [-0.25, -0.2) is 10.5 Å². The van der Waals surface area contributed by atoms with Gasteiger partial charge in [-0.2, -0.15) is 0 Å². The summed E-state index contributed by atoms with van der Waals surface area (Å²) in [5.41, 5.74) is 10.7. The highest BCUT2D eigenvalue weighted by atomic mass is 16.3. The van der Waals surface area contributed by atoms with Crippen molar-refractivity contribution >= 4 is 11.9 Å². The lowest BCUT2D eigenvalue weighted by molar-refractivity contribution is 0.257. The maximum Gasteiger partial charge on any atom is 0.340 e. The third-order valence-corrected chi connectivity index (χ3v) is 3.17. The molecule has 0 spiro atoms. The van der Waals surface area contributed by atoms with Crippen LogP contribution in [0.4, 0.5) is 10.7 Å². The molecule has 4 heteroatoms. The lowest BCUT2D eigenvalue weighted by Gasteiger charge is -2.06. The summed E-state index contributed by atoms with van der Waals surface area (Å²) in [6, 6.07) is 18.5. The first-order valence-electron chi connectivity index (χ1n) is 6.50. The standard InChI is InChI=1S/C17H13N2O2/c18-17(20)19-16-15(13-9-5-2-6-10-13)14(11-21-16)12-7-3-1-4-8-12/h1-11,18H,(H,19,20). The van der Waals surface area contributed by atoms with E-state index in [-0.39, 0.29) is 0 Å².